The number of hydrogen-bond donors (Lipinski definition) is 0. The lowest BCUT2D eigenvalue weighted by molar-refractivity contribution is -0.384. The highest BCUT2D eigenvalue weighted by atomic mass is 32.2. The van der Waals surface area contributed by atoms with Crippen LogP contribution < -0.4 is 4.90 Å². The van der Waals surface area contributed by atoms with Gasteiger partial charge < -0.3 is 4.90 Å². The summed E-state index contributed by atoms with van der Waals surface area (Å²) in [6, 6.07) is 11.9. The van der Waals surface area contributed by atoms with Crippen molar-refractivity contribution in [3.05, 3.63) is 58.1 Å². The number of para-hydroxylation sites is 1. The topological polar surface area (TPSA) is 79.6 Å². The Bertz CT molecular complexity index is 1050. The van der Waals surface area contributed by atoms with Crippen molar-refractivity contribution in [3.8, 4) is 0 Å². The second-order valence-electron chi connectivity index (χ2n) is 6.59. The second-order valence-corrected chi connectivity index (χ2v) is 8.45. The minimum Gasteiger partial charge on any atom is -0.302 e. The number of carbonyl (C=O) groups is 1. The summed E-state index contributed by atoms with van der Waals surface area (Å²) in [6.45, 7) is 7.07. The molecular weight excluding hydrogens is 420 g/mol. The van der Waals surface area contributed by atoms with Crippen LogP contribution in [0.15, 0.2) is 47.4 Å². The Hall–Kier alpha value is -2.49. The summed E-state index contributed by atoms with van der Waals surface area (Å²) >= 11 is 3.08. The van der Waals surface area contributed by atoms with Gasteiger partial charge in [-0.1, -0.05) is 37.3 Å². The number of aromatic nitrogens is 1. The van der Waals surface area contributed by atoms with E-state index in [-0.39, 0.29) is 17.2 Å². The number of rotatable bonds is 9. The van der Waals surface area contributed by atoms with E-state index in [2.05, 4.69) is 18.7 Å². The molecule has 0 N–H and O–H groups in total. The Morgan fingerprint density at radius 3 is 2.57 bits per heavy atom. The molecular formula is C21H24N4O3S2. The number of anilines is 1. The smallest absolute Gasteiger partial charge is 0.270 e. The lowest BCUT2D eigenvalue weighted by Gasteiger charge is -2.24. The average molecular weight is 445 g/mol. The van der Waals surface area contributed by atoms with Crippen LogP contribution in [0, 0.1) is 10.1 Å². The van der Waals surface area contributed by atoms with Crippen LogP contribution in [0.1, 0.15) is 24.2 Å². The fourth-order valence-electron chi connectivity index (χ4n) is 3.17. The molecule has 3 rings (SSSR count). The van der Waals surface area contributed by atoms with Crippen molar-refractivity contribution in [2.75, 3.05) is 37.3 Å². The van der Waals surface area contributed by atoms with E-state index < -0.39 is 4.92 Å². The highest BCUT2D eigenvalue weighted by Crippen LogP contribution is 2.34. The van der Waals surface area contributed by atoms with Gasteiger partial charge in [0.05, 0.1) is 15.1 Å². The number of carbonyl (C=O) groups excluding carboxylic acids is 1. The molecule has 0 spiro atoms. The summed E-state index contributed by atoms with van der Waals surface area (Å²) in [4.78, 5) is 33.8. The summed E-state index contributed by atoms with van der Waals surface area (Å²) in [5.74, 6) is -0.282. The maximum Gasteiger partial charge on any atom is 0.270 e. The van der Waals surface area contributed by atoms with E-state index in [0.29, 0.717) is 18.2 Å². The van der Waals surface area contributed by atoms with Crippen molar-refractivity contribution in [2.24, 2.45) is 0 Å². The highest BCUT2D eigenvalue weighted by Gasteiger charge is 2.23. The monoisotopic (exact) mass is 444 g/mol. The van der Waals surface area contributed by atoms with Gasteiger partial charge in [0.15, 0.2) is 5.13 Å². The standard InChI is InChI=1S/C21H24N4O3S2/c1-4-23(5-2)12-13-24(20(26)15-8-6-9-16(14-15)25(27)28)21-22-19-17(29-3)10-7-11-18(19)30-21/h6-11,14H,4-5,12-13H2,1-3H3. The van der Waals surface area contributed by atoms with Crippen LogP contribution in [0.25, 0.3) is 10.2 Å². The zero-order valence-corrected chi connectivity index (χ0v) is 18.8. The first-order valence-corrected chi connectivity index (χ1v) is 11.7. The quantitative estimate of drug-likeness (QED) is 0.265. The molecule has 0 saturated carbocycles. The van der Waals surface area contributed by atoms with Crippen LogP contribution in [0.2, 0.25) is 0 Å². The number of likely N-dealkylation sites (N-methyl/N-ethyl adjacent to an activating group) is 1. The molecule has 1 amide bonds. The number of benzene rings is 2. The fourth-order valence-corrected chi connectivity index (χ4v) is 4.81. The van der Waals surface area contributed by atoms with Gasteiger partial charge in [0.2, 0.25) is 0 Å². The number of non-ortho nitro benzene ring substituents is 1. The number of nitrogens with zero attached hydrogens (tertiary/aromatic N) is 4. The van der Waals surface area contributed by atoms with Gasteiger partial charge in [-0.3, -0.25) is 19.8 Å². The average Bonchev–Trinajstić information content (AvgIpc) is 3.20. The number of amides is 1. The lowest BCUT2D eigenvalue weighted by Crippen LogP contribution is -2.38. The predicted octanol–water partition coefficient (Wildman–Crippen LogP) is 4.92. The number of nitro benzene ring substituents is 1. The predicted molar refractivity (Wildman–Crippen MR) is 124 cm³/mol. The SMILES string of the molecule is CCN(CC)CCN(C(=O)c1cccc([N+](=O)[O-])c1)c1nc2c(SC)cccc2s1. The fraction of sp³-hybridized carbons (Fsp3) is 0.333. The van der Waals surface area contributed by atoms with Gasteiger partial charge in [-0.2, -0.15) is 0 Å². The Morgan fingerprint density at radius 1 is 1.17 bits per heavy atom. The Balaban J connectivity index is 2.01. The van der Waals surface area contributed by atoms with Gasteiger partial charge >= 0.3 is 0 Å². The summed E-state index contributed by atoms with van der Waals surface area (Å²) in [5, 5.41) is 11.8. The van der Waals surface area contributed by atoms with E-state index in [9.17, 15) is 14.9 Å². The molecule has 3 aromatic rings. The van der Waals surface area contributed by atoms with Gasteiger partial charge in [0.25, 0.3) is 11.6 Å². The van der Waals surface area contributed by atoms with E-state index in [4.69, 9.17) is 4.98 Å². The number of fused-ring (bicyclic) bond motifs is 1. The van der Waals surface area contributed by atoms with Gasteiger partial charge in [-0.05, 0) is 37.5 Å². The Kier molecular flexibility index (Phi) is 7.41. The molecule has 0 bridgehead atoms. The molecule has 158 valence electrons. The molecule has 0 atom stereocenters. The largest absolute Gasteiger partial charge is 0.302 e. The molecule has 0 radical (unpaired) electrons. The maximum absolute atomic E-state index is 13.4. The van der Waals surface area contributed by atoms with Gasteiger partial charge in [-0.25, -0.2) is 4.98 Å². The Labute approximate surface area is 183 Å². The van der Waals surface area contributed by atoms with E-state index in [1.165, 1.54) is 29.5 Å². The van der Waals surface area contributed by atoms with Gasteiger partial charge in [0.1, 0.15) is 0 Å². The number of nitro groups is 1. The van der Waals surface area contributed by atoms with Gasteiger partial charge in [-0.15, -0.1) is 11.8 Å². The van der Waals surface area contributed by atoms with E-state index in [1.807, 2.05) is 24.5 Å². The zero-order chi connectivity index (χ0) is 21.7. The third-order valence-corrected chi connectivity index (χ3v) is 6.72. The van der Waals surface area contributed by atoms with E-state index in [1.54, 1.807) is 22.7 Å². The molecule has 7 nitrogen and oxygen atoms in total. The third kappa shape index (κ3) is 4.80. The van der Waals surface area contributed by atoms with Gasteiger partial charge in [0, 0.05) is 35.7 Å². The first-order chi connectivity index (χ1) is 14.5. The molecule has 0 unspecified atom stereocenters. The molecule has 0 aliphatic heterocycles. The maximum atomic E-state index is 13.4. The van der Waals surface area contributed by atoms with Crippen LogP contribution >= 0.6 is 23.1 Å². The highest BCUT2D eigenvalue weighted by molar-refractivity contribution is 7.98. The number of thiazole rings is 1. The first-order valence-electron chi connectivity index (χ1n) is 9.70. The van der Waals surface area contributed by atoms with Crippen LogP contribution in [-0.4, -0.2) is 53.1 Å². The van der Waals surface area contributed by atoms with Crippen LogP contribution in [-0.2, 0) is 0 Å². The molecule has 30 heavy (non-hydrogen) atoms. The van der Waals surface area contributed by atoms with E-state index >= 15 is 0 Å². The van der Waals surface area contributed by atoms with Crippen molar-refractivity contribution in [1.82, 2.24) is 9.88 Å². The molecule has 1 heterocycles. The van der Waals surface area contributed by atoms with Crippen LogP contribution in [0.3, 0.4) is 0 Å². The summed E-state index contributed by atoms with van der Waals surface area (Å²) in [6.07, 6.45) is 2.00. The Morgan fingerprint density at radius 2 is 1.90 bits per heavy atom. The molecule has 1 aromatic heterocycles. The number of hydrogen-bond acceptors (Lipinski definition) is 7. The minimum atomic E-state index is -0.487. The van der Waals surface area contributed by atoms with Crippen molar-refractivity contribution in [3.63, 3.8) is 0 Å². The molecule has 2 aromatic carbocycles. The number of thioether (sulfide) groups is 1. The molecule has 0 fully saturated rings. The summed E-state index contributed by atoms with van der Waals surface area (Å²) in [7, 11) is 0. The second kappa shape index (κ2) is 10.0. The molecule has 0 aliphatic carbocycles. The zero-order valence-electron chi connectivity index (χ0n) is 17.2. The molecule has 0 saturated heterocycles. The normalized spacial score (nSPS) is 11.2. The third-order valence-electron chi connectivity index (χ3n) is 4.90. The van der Waals surface area contributed by atoms with Crippen molar-refractivity contribution >= 4 is 50.0 Å². The summed E-state index contributed by atoms with van der Waals surface area (Å²) in [5.41, 5.74) is 1.07. The molecule has 0 aliphatic rings. The van der Waals surface area contributed by atoms with Crippen LogP contribution in [0.5, 0.6) is 0 Å². The van der Waals surface area contributed by atoms with Crippen molar-refractivity contribution in [2.45, 2.75) is 18.7 Å². The minimum absolute atomic E-state index is 0.0986. The molecule has 9 heteroatoms. The van der Waals surface area contributed by atoms with Crippen molar-refractivity contribution in [1.29, 1.82) is 0 Å². The van der Waals surface area contributed by atoms with Crippen molar-refractivity contribution < 1.29 is 9.72 Å². The summed E-state index contributed by atoms with van der Waals surface area (Å²) < 4.78 is 1.01. The van der Waals surface area contributed by atoms with Crippen LogP contribution in [0.4, 0.5) is 10.8 Å². The lowest BCUT2D eigenvalue weighted by atomic mass is 10.2. The van der Waals surface area contributed by atoms with E-state index in [0.717, 1.165) is 28.2 Å². The first kappa shape index (κ1) is 22.2.